The summed E-state index contributed by atoms with van der Waals surface area (Å²) >= 11 is 0. The van der Waals surface area contributed by atoms with Crippen molar-refractivity contribution in [2.45, 2.75) is 26.1 Å². The highest BCUT2D eigenvalue weighted by Gasteiger charge is 2.38. The van der Waals surface area contributed by atoms with Gasteiger partial charge in [0, 0.05) is 5.56 Å². The van der Waals surface area contributed by atoms with Crippen LogP contribution in [0, 0.1) is 0 Å². The van der Waals surface area contributed by atoms with E-state index in [1.807, 2.05) is 6.92 Å². The first kappa shape index (κ1) is 18.7. The lowest BCUT2D eigenvalue weighted by Crippen LogP contribution is -2.29. The number of benzene rings is 1. The van der Waals surface area contributed by atoms with Gasteiger partial charge in [-0.15, -0.1) is 0 Å². The van der Waals surface area contributed by atoms with E-state index in [9.17, 15) is 18.0 Å². The number of nitrogens with zero attached hydrogens (tertiary/aromatic N) is 3. The van der Waals surface area contributed by atoms with Crippen LogP contribution in [0.3, 0.4) is 0 Å². The Morgan fingerprint density at radius 1 is 1.36 bits per heavy atom. The molecule has 0 fully saturated rings. The Bertz CT molecular complexity index is 726. The van der Waals surface area contributed by atoms with Gasteiger partial charge >= 0.3 is 12.1 Å². The number of amides is 1. The third-order valence-corrected chi connectivity index (χ3v) is 3.08. The Kier molecular flexibility index (Phi) is 5.92. The number of aromatic nitrogens is 2. The summed E-state index contributed by atoms with van der Waals surface area (Å²) in [6.07, 6.45) is -2.81. The maximum atomic E-state index is 12.5. The van der Waals surface area contributed by atoms with E-state index in [1.54, 1.807) is 12.1 Å². The largest absolute Gasteiger partial charge is 0.471 e. The number of carbonyl (C=O) groups excluding carboxylic acids is 1. The van der Waals surface area contributed by atoms with Gasteiger partial charge in [0.05, 0.1) is 13.2 Å². The second-order valence-electron chi connectivity index (χ2n) is 5.03. The molecule has 1 amide bonds. The maximum Gasteiger partial charge on any atom is 0.471 e. The van der Waals surface area contributed by atoms with E-state index in [0.29, 0.717) is 12.2 Å². The number of halogens is 3. The molecule has 0 aliphatic carbocycles. The average molecular weight is 355 g/mol. The molecule has 1 heterocycles. The minimum Gasteiger partial charge on any atom is -0.329 e. The second kappa shape index (κ2) is 7.93. The molecule has 6 nitrogen and oxygen atoms in total. The highest BCUT2D eigenvalue weighted by Crippen LogP contribution is 2.29. The van der Waals surface area contributed by atoms with Gasteiger partial charge in [-0.3, -0.25) is 9.63 Å². The van der Waals surface area contributed by atoms with Gasteiger partial charge in [-0.1, -0.05) is 42.9 Å². The number of hydrogen-bond acceptors (Lipinski definition) is 5. The van der Waals surface area contributed by atoms with Crippen LogP contribution in [-0.2, 0) is 22.4 Å². The van der Waals surface area contributed by atoms with E-state index < -0.39 is 12.1 Å². The Labute approximate surface area is 141 Å². The Hall–Kier alpha value is -2.68. The molecule has 0 saturated heterocycles. The highest BCUT2D eigenvalue weighted by molar-refractivity contribution is 5.86. The average Bonchev–Trinajstić information content (AvgIpc) is 3.09. The third-order valence-electron chi connectivity index (χ3n) is 3.08. The fourth-order valence-electron chi connectivity index (χ4n) is 1.87. The summed E-state index contributed by atoms with van der Waals surface area (Å²) in [4.78, 5) is 20.4. The van der Waals surface area contributed by atoms with Gasteiger partial charge in [0.25, 0.3) is 5.91 Å². The van der Waals surface area contributed by atoms with Crippen molar-refractivity contribution in [2.75, 3.05) is 6.61 Å². The molecular weight excluding hydrogens is 339 g/mol. The van der Waals surface area contributed by atoms with Crippen LogP contribution in [0.25, 0.3) is 11.4 Å². The van der Waals surface area contributed by atoms with Crippen LogP contribution in [-0.4, -0.2) is 27.7 Å². The van der Waals surface area contributed by atoms with Crippen LogP contribution in [0.1, 0.15) is 24.8 Å². The first-order valence-corrected chi connectivity index (χ1v) is 7.42. The molecule has 2 rings (SSSR count). The molecule has 0 bridgehead atoms. The summed E-state index contributed by atoms with van der Waals surface area (Å²) in [5.41, 5.74) is 1.08. The molecule has 9 heteroatoms. The maximum absolute atomic E-state index is 12.5. The zero-order valence-electron chi connectivity index (χ0n) is 13.4. The topological polar surface area (TPSA) is 68.5 Å². The Morgan fingerprint density at radius 3 is 2.56 bits per heavy atom. The zero-order valence-corrected chi connectivity index (χ0v) is 13.4. The van der Waals surface area contributed by atoms with Crippen LogP contribution in [0.5, 0.6) is 0 Å². The first-order valence-electron chi connectivity index (χ1n) is 7.42. The number of hydrogen-bond donors (Lipinski definition) is 0. The van der Waals surface area contributed by atoms with Gasteiger partial charge < -0.3 is 4.52 Å². The minimum atomic E-state index is -4.69. The molecule has 0 unspecified atom stereocenters. The molecule has 0 spiro atoms. The van der Waals surface area contributed by atoms with Crippen molar-refractivity contribution < 1.29 is 27.3 Å². The van der Waals surface area contributed by atoms with E-state index in [0.717, 1.165) is 18.1 Å². The van der Waals surface area contributed by atoms with Crippen molar-refractivity contribution in [2.24, 2.45) is 0 Å². The summed E-state index contributed by atoms with van der Waals surface area (Å²) < 4.78 is 41.6. The number of alkyl halides is 3. The van der Waals surface area contributed by atoms with Crippen molar-refractivity contribution in [3.05, 3.63) is 48.4 Å². The van der Waals surface area contributed by atoms with Crippen LogP contribution in [0.2, 0.25) is 0 Å². The van der Waals surface area contributed by atoms with Gasteiger partial charge in [0.1, 0.15) is 0 Å². The molecule has 0 N–H and O–H groups in total. The lowest BCUT2D eigenvalue weighted by Gasteiger charge is -2.20. The Balaban J connectivity index is 2.11. The van der Waals surface area contributed by atoms with Crippen LogP contribution in [0.4, 0.5) is 13.2 Å². The van der Waals surface area contributed by atoms with Gasteiger partial charge in [-0.25, -0.2) is 5.06 Å². The van der Waals surface area contributed by atoms with E-state index >= 15 is 0 Å². The van der Waals surface area contributed by atoms with Crippen molar-refractivity contribution in [3.8, 4) is 11.4 Å². The molecule has 0 atom stereocenters. The number of hydroxylamine groups is 2. The number of rotatable bonds is 7. The van der Waals surface area contributed by atoms with E-state index in [2.05, 4.69) is 21.2 Å². The summed E-state index contributed by atoms with van der Waals surface area (Å²) in [5, 5.41) is 4.49. The van der Waals surface area contributed by atoms with Gasteiger partial charge in [0.2, 0.25) is 5.82 Å². The SMILES string of the molecule is C=CC(=O)N(Cc1ccc(-c2noc(C(F)(F)F)n2)cc1)OCCC. The van der Waals surface area contributed by atoms with Gasteiger partial charge in [0.15, 0.2) is 0 Å². The summed E-state index contributed by atoms with van der Waals surface area (Å²) in [6, 6.07) is 6.35. The molecule has 0 aliphatic heterocycles. The van der Waals surface area contributed by atoms with Crippen LogP contribution < -0.4 is 0 Å². The third kappa shape index (κ3) is 4.90. The molecule has 1 aromatic heterocycles. The summed E-state index contributed by atoms with van der Waals surface area (Å²) in [7, 11) is 0. The Morgan fingerprint density at radius 2 is 2.04 bits per heavy atom. The standard InChI is InChI=1S/C16H16F3N3O3/c1-3-9-24-22(13(23)4-2)10-11-5-7-12(8-6-11)14-20-15(25-21-14)16(17,18)19/h4-8H,2-3,9-10H2,1H3. The smallest absolute Gasteiger partial charge is 0.329 e. The molecule has 0 saturated carbocycles. The molecule has 0 radical (unpaired) electrons. The molecule has 25 heavy (non-hydrogen) atoms. The predicted molar refractivity (Wildman–Crippen MR) is 81.7 cm³/mol. The lowest BCUT2D eigenvalue weighted by molar-refractivity contribution is -0.184. The van der Waals surface area contributed by atoms with E-state index in [1.165, 1.54) is 17.2 Å². The summed E-state index contributed by atoms with van der Waals surface area (Å²) in [6.45, 7) is 5.87. The van der Waals surface area contributed by atoms with Crippen molar-refractivity contribution in [1.29, 1.82) is 0 Å². The zero-order chi connectivity index (χ0) is 18.4. The lowest BCUT2D eigenvalue weighted by atomic mass is 10.1. The molecule has 1 aromatic carbocycles. The van der Waals surface area contributed by atoms with Gasteiger partial charge in [-0.05, 0) is 18.1 Å². The second-order valence-corrected chi connectivity index (χ2v) is 5.03. The van der Waals surface area contributed by atoms with Crippen LogP contribution >= 0.6 is 0 Å². The van der Waals surface area contributed by atoms with Gasteiger partial charge in [-0.2, -0.15) is 18.2 Å². The minimum absolute atomic E-state index is 0.167. The van der Waals surface area contributed by atoms with E-state index in [-0.39, 0.29) is 18.3 Å². The fraction of sp³-hybridized carbons (Fsp3) is 0.312. The van der Waals surface area contributed by atoms with Crippen molar-refractivity contribution in [3.63, 3.8) is 0 Å². The molecule has 2 aromatic rings. The number of carbonyl (C=O) groups is 1. The predicted octanol–water partition coefficient (Wildman–Crippen LogP) is 3.61. The van der Waals surface area contributed by atoms with Crippen molar-refractivity contribution in [1.82, 2.24) is 15.2 Å². The first-order chi connectivity index (χ1) is 11.8. The molecular formula is C16H16F3N3O3. The van der Waals surface area contributed by atoms with E-state index in [4.69, 9.17) is 4.84 Å². The highest BCUT2D eigenvalue weighted by atomic mass is 19.4. The quantitative estimate of drug-likeness (QED) is 0.561. The van der Waals surface area contributed by atoms with Crippen LogP contribution in [0.15, 0.2) is 41.4 Å². The van der Waals surface area contributed by atoms with Crippen molar-refractivity contribution >= 4 is 5.91 Å². The normalized spacial score (nSPS) is 11.4. The summed E-state index contributed by atoms with van der Waals surface area (Å²) in [5.74, 6) is -1.95. The molecule has 134 valence electrons. The fourth-order valence-corrected chi connectivity index (χ4v) is 1.87. The monoisotopic (exact) mass is 355 g/mol. The molecule has 0 aliphatic rings.